The fourth-order valence-corrected chi connectivity index (χ4v) is 2.08. The zero-order valence-corrected chi connectivity index (χ0v) is 12.6. The molecule has 0 atom stereocenters. The first kappa shape index (κ1) is 14.6. The lowest BCUT2D eigenvalue weighted by Crippen LogP contribution is -2.07. The van der Waals surface area contributed by atoms with E-state index in [0.717, 1.165) is 11.3 Å². The third kappa shape index (κ3) is 3.00. The monoisotopic (exact) mass is 277 g/mol. The van der Waals surface area contributed by atoms with E-state index in [0.29, 0.717) is 29.1 Å². The Labute approximate surface area is 118 Å². The zero-order chi connectivity index (χ0) is 14.9. The predicted octanol–water partition coefficient (Wildman–Crippen LogP) is 4.12. The van der Waals surface area contributed by atoms with Crippen molar-refractivity contribution in [3.63, 3.8) is 0 Å². The Kier molecular flexibility index (Phi) is 4.12. The van der Waals surface area contributed by atoms with E-state index in [4.69, 9.17) is 9.26 Å². The molecular weight excluding hydrogens is 257 g/mol. The quantitative estimate of drug-likeness (QED) is 0.843. The number of nitrogens with zero attached hydrogens (tertiary/aromatic N) is 1. The number of aromatic nitrogens is 1. The van der Waals surface area contributed by atoms with Crippen molar-refractivity contribution in [2.24, 2.45) is 0 Å². The highest BCUT2D eigenvalue weighted by Crippen LogP contribution is 2.25. The van der Waals surface area contributed by atoms with Crippen LogP contribution in [0.25, 0.3) is 0 Å². The molecule has 0 radical (unpaired) electrons. The highest BCUT2D eigenvalue weighted by Gasteiger charge is 2.15. The average molecular weight is 277 g/mol. The van der Waals surface area contributed by atoms with E-state index in [2.05, 4.69) is 5.16 Å². The van der Waals surface area contributed by atoms with Crippen LogP contribution < -0.4 is 4.74 Å². The van der Waals surface area contributed by atoms with Gasteiger partial charge in [0.2, 0.25) is 0 Å². The van der Waals surface area contributed by atoms with Crippen LogP contribution in [0.1, 0.15) is 42.0 Å². The number of rotatable bonds is 4. The van der Waals surface area contributed by atoms with Crippen LogP contribution in [-0.4, -0.2) is 11.3 Å². The molecule has 0 aliphatic carbocycles. The fraction of sp³-hybridized carbons (Fsp3) is 0.438. The molecule has 4 heteroatoms. The Balaban J connectivity index is 2.35. The van der Waals surface area contributed by atoms with E-state index in [-0.39, 0.29) is 11.9 Å². The number of benzene rings is 1. The van der Waals surface area contributed by atoms with Gasteiger partial charge in [-0.05, 0) is 57.9 Å². The van der Waals surface area contributed by atoms with Gasteiger partial charge in [-0.1, -0.05) is 5.16 Å². The van der Waals surface area contributed by atoms with Crippen molar-refractivity contribution in [3.05, 3.63) is 46.1 Å². The van der Waals surface area contributed by atoms with Crippen molar-refractivity contribution in [1.29, 1.82) is 0 Å². The third-order valence-electron chi connectivity index (χ3n) is 3.28. The van der Waals surface area contributed by atoms with Gasteiger partial charge in [-0.3, -0.25) is 0 Å². The summed E-state index contributed by atoms with van der Waals surface area (Å²) in [7, 11) is 0. The van der Waals surface area contributed by atoms with Crippen molar-refractivity contribution in [3.8, 4) is 5.75 Å². The molecule has 0 bridgehead atoms. The molecule has 1 aromatic heterocycles. The summed E-state index contributed by atoms with van der Waals surface area (Å²) in [5.74, 6) is 1.17. The molecule has 108 valence electrons. The molecule has 2 aromatic rings. The van der Waals surface area contributed by atoms with Crippen molar-refractivity contribution >= 4 is 0 Å². The van der Waals surface area contributed by atoms with Crippen molar-refractivity contribution < 1.29 is 13.7 Å². The van der Waals surface area contributed by atoms with Gasteiger partial charge in [-0.2, -0.15) is 0 Å². The molecule has 0 amide bonds. The molecule has 20 heavy (non-hydrogen) atoms. The maximum Gasteiger partial charge on any atom is 0.144 e. The minimum Gasteiger partial charge on any atom is -0.491 e. The van der Waals surface area contributed by atoms with Crippen molar-refractivity contribution in [2.75, 3.05) is 0 Å². The molecule has 0 spiro atoms. The smallest absolute Gasteiger partial charge is 0.144 e. The standard InChI is InChI=1S/C16H20FNO2/c1-9(2)19-14-6-10(3)16(17)13(7-14)8-15-11(4)12(5)18-20-15/h6-7,9H,8H2,1-5H3. The highest BCUT2D eigenvalue weighted by atomic mass is 19.1. The second-order valence-corrected chi connectivity index (χ2v) is 5.37. The number of hydrogen-bond acceptors (Lipinski definition) is 3. The van der Waals surface area contributed by atoms with Crippen molar-refractivity contribution in [2.45, 2.75) is 47.1 Å². The van der Waals surface area contributed by atoms with Gasteiger partial charge in [0.05, 0.1) is 11.8 Å². The lowest BCUT2D eigenvalue weighted by atomic mass is 10.0. The van der Waals surface area contributed by atoms with Crippen LogP contribution in [0.4, 0.5) is 4.39 Å². The molecule has 1 heterocycles. The summed E-state index contributed by atoms with van der Waals surface area (Å²) < 4.78 is 25.1. The Morgan fingerprint density at radius 2 is 1.95 bits per heavy atom. The van der Waals surface area contributed by atoms with Crippen LogP contribution in [0.2, 0.25) is 0 Å². The summed E-state index contributed by atoms with van der Waals surface area (Å²) in [6, 6.07) is 3.46. The zero-order valence-electron chi connectivity index (χ0n) is 12.6. The largest absolute Gasteiger partial charge is 0.491 e. The van der Waals surface area contributed by atoms with E-state index in [1.54, 1.807) is 19.1 Å². The van der Waals surface area contributed by atoms with Crippen molar-refractivity contribution in [1.82, 2.24) is 5.16 Å². The summed E-state index contributed by atoms with van der Waals surface area (Å²) in [5, 5.41) is 3.91. The van der Waals surface area contributed by atoms with E-state index in [1.165, 1.54) is 0 Å². The number of halogens is 1. The SMILES string of the molecule is Cc1cc(OC(C)C)cc(Cc2onc(C)c2C)c1F. The molecule has 2 rings (SSSR count). The van der Waals surface area contributed by atoms with E-state index < -0.39 is 0 Å². The second-order valence-electron chi connectivity index (χ2n) is 5.37. The average Bonchev–Trinajstić information content (AvgIpc) is 2.66. The van der Waals surface area contributed by atoms with Gasteiger partial charge in [0, 0.05) is 12.0 Å². The van der Waals surface area contributed by atoms with Crippen LogP contribution in [0.3, 0.4) is 0 Å². The Morgan fingerprint density at radius 1 is 1.25 bits per heavy atom. The van der Waals surface area contributed by atoms with Crippen LogP contribution >= 0.6 is 0 Å². The minimum absolute atomic E-state index is 0.0574. The maximum atomic E-state index is 14.2. The minimum atomic E-state index is -0.213. The molecule has 3 nitrogen and oxygen atoms in total. The third-order valence-corrected chi connectivity index (χ3v) is 3.28. The Morgan fingerprint density at radius 3 is 2.50 bits per heavy atom. The summed E-state index contributed by atoms with van der Waals surface area (Å²) in [4.78, 5) is 0. The maximum absolute atomic E-state index is 14.2. The van der Waals surface area contributed by atoms with Gasteiger partial charge in [-0.15, -0.1) is 0 Å². The van der Waals surface area contributed by atoms with Gasteiger partial charge in [0.25, 0.3) is 0 Å². The highest BCUT2D eigenvalue weighted by molar-refractivity contribution is 5.38. The Hall–Kier alpha value is -1.84. The molecular formula is C16H20FNO2. The van der Waals surface area contributed by atoms with Crippen LogP contribution in [-0.2, 0) is 6.42 Å². The van der Waals surface area contributed by atoms with E-state index in [1.807, 2.05) is 27.7 Å². The van der Waals surface area contributed by atoms with Crippen LogP contribution in [0, 0.1) is 26.6 Å². The van der Waals surface area contributed by atoms with Gasteiger partial charge in [-0.25, -0.2) is 4.39 Å². The fourth-order valence-electron chi connectivity index (χ4n) is 2.08. The lowest BCUT2D eigenvalue weighted by molar-refractivity contribution is 0.241. The Bertz CT molecular complexity index is 617. The number of ether oxygens (including phenoxy) is 1. The molecule has 1 aromatic carbocycles. The van der Waals surface area contributed by atoms with Gasteiger partial charge in [0.15, 0.2) is 0 Å². The van der Waals surface area contributed by atoms with Crippen LogP contribution in [0.5, 0.6) is 5.75 Å². The predicted molar refractivity (Wildman–Crippen MR) is 75.7 cm³/mol. The summed E-state index contributed by atoms with van der Waals surface area (Å²) in [6.07, 6.45) is 0.441. The van der Waals surface area contributed by atoms with Crippen LogP contribution in [0.15, 0.2) is 16.7 Å². The first-order chi connectivity index (χ1) is 9.38. The molecule has 0 aliphatic heterocycles. The first-order valence-corrected chi connectivity index (χ1v) is 6.76. The first-order valence-electron chi connectivity index (χ1n) is 6.76. The molecule has 0 saturated carbocycles. The summed E-state index contributed by atoms with van der Waals surface area (Å²) >= 11 is 0. The van der Waals surface area contributed by atoms with E-state index in [9.17, 15) is 4.39 Å². The molecule has 0 aliphatic rings. The topological polar surface area (TPSA) is 35.3 Å². The van der Waals surface area contributed by atoms with Gasteiger partial charge < -0.3 is 9.26 Å². The second kappa shape index (κ2) is 5.65. The normalized spacial score (nSPS) is 11.2. The summed E-state index contributed by atoms with van der Waals surface area (Å²) in [5.41, 5.74) is 2.95. The summed E-state index contributed by atoms with van der Waals surface area (Å²) in [6.45, 7) is 9.44. The number of hydrogen-bond donors (Lipinski definition) is 0. The lowest BCUT2D eigenvalue weighted by Gasteiger charge is -2.13. The number of aryl methyl sites for hydroxylation is 2. The molecule has 0 N–H and O–H groups in total. The molecule has 0 fully saturated rings. The molecule has 0 unspecified atom stereocenters. The van der Waals surface area contributed by atoms with E-state index >= 15 is 0 Å². The molecule has 0 saturated heterocycles. The van der Waals surface area contributed by atoms with Gasteiger partial charge >= 0.3 is 0 Å². The van der Waals surface area contributed by atoms with Gasteiger partial charge in [0.1, 0.15) is 17.3 Å².